The molecule has 7 heteroatoms. The van der Waals surface area contributed by atoms with Crippen LogP contribution in [-0.2, 0) is 9.59 Å². The first-order valence-electron chi connectivity index (χ1n) is 9.73. The molecule has 0 aliphatic carbocycles. The Morgan fingerprint density at radius 2 is 1.57 bits per heavy atom. The van der Waals surface area contributed by atoms with Gasteiger partial charge < -0.3 is 0 Å². The first-order valence-corrected chi connectivity index (χ1v) is 10.6. The zero-order valence-corrected chi connectivity index (χ0v) is 18.1. The topological polar surface area (TPSA) is 68.1 Å². The van der Waals surface area contributed by atoms with Crippen LogP contribution < -0.4 is 5.01 Å². The van der Waals surface area contributed by atoms with Crippen molar-refractivity contribution < 1.29 is 9.59 Å². The van der Waals surface area contributed by atoms with Gasteiger partial charge in [0.1, 0.15) is 0 Å². The lowest BCUT2D eigenvalue weighted by Crippen LogP contribution is -2.41. The van der Waals surface area contributed by atoms with E-state index < -0.39 is 0 Å². The van der Waals surface area contributed by atoms with Crippen LogP contribution in [0.4, 0.5) is 0 Å². The number of carbonyl (C=O) groups excluding carboxylic acids is 2. The Hall–Kier alpha value is -3.19. The molecule has 0 bridgehead atoms. The van der Waals surface area contributed by atoms with Crippen molar-refractivity contribution in [2.75, 3.05) is 5.01 Å². The van der Waals surface area contributed by atoms with E-state index in [0.717, 1.165) is 11.1 Å². The molecule has 0 saturated carbocycles. The van der Waals surface area contributed by atoms with Crippen molar-refractivity contribution in [3.8, 4) is 11.4 Å². The summed E-state index contributed by atoms with van der Waals surface area (Å²) in [5, 5.41) is 10.6. The molecular formula is C23H22N4O2S. The molecule has 1 aliphatic rings. The molecule has 1 aliphatic heterocycles. The molecule has 30 heavy (non-hydrogen) atoms. The number of hydrogen-bond acceptors (Lipinski definition) is 5. The molecule has 0 fully saturated rings. The fourth-order valence-electron chi connectivity index (χ4n) is 3.43. The van der Waals surface area contributed by atoms with Crippen LogP contribution in [-0.4, -0.2) is 26.6 Å². The van der Waals surface area contributed by atoms with Crippen molar-refractivity contribution in [2.45, 2.75) is 38.8 Å². The van der Waals surface area contributed by atoms with E-state index in [1.165, 1.54) is 36.2 Å². The second-order valence-corrected chi connectivity index (χ2v) is 8.41. The first kappa shape index (κ1) is 20.1. The zero-order chi connectivity index (χ0) is 21.4. The lowest BCUT2D eigenvalue weighted by molar-refractivity contribution is -0.117. The molecular weight excluding hydrogens is 396 g/mol. The summed E-state index contributed by atoms with van der Waals surface area (Å²) >= 11 is 1.24. The standard InChI is InChI=1S/C23H22N4O2S/c1-14(2)17-10-12-18(13-11-17)20-21(15(3)28)30-23-25-24-22(19-8-6-5-7-9-19)27(23)26(20)16(4)29/h5-14H,1-4H3. The van der Waals surface area contributed by atoms with Crippen molar-refractivity contribution in [1.82, 2.24) is 14.9 Å². The summed E-state index contributed by atoms with van der Waals surface area (Å²) in [6.45, 7) is 7.24. The number of Topliss-reactive ketones (excluding diaryl/α,β-unsaturated/α-hetero) is 1. The van der Waals surface area contributed by atoms with Crippen molar-refractivity contribution in [3.05, 3.63) is 70.6 Å². The molecule has 3 aromatic rings. The summed E-state index contributed by atoms with van der Waals surface area (Å²) in [4.78, 5) is 25.9. The van der Waals surface area contributed by atoms with E-state index in [9.17, 15) is 9.59 Å². The minimum absolute atomic E-state index is 0.121. The van der Waals surface area contributed by atoms with Crippen LogP contribution in [0.3, 0.4) is 0 Å². The van der Waals surface area contributed by atoms with Gasteiger partial charge in [0.15, 0.2) is 11.6 Å². The predicted molar refractivity (Wildman–Crippen MR) is 118 cm³/mol. The van der Waals surface area contributed by atoms with Crippen molar-refractivity contribution in [2.24, 2.45) is 0 Å². The number of hydrogen-bond donors (Lipinski definition) is 0. The van der Waals surface area contributed by atoms with Crippen LogP contribution in [0.15, 0.2) is 64.7 Å². The molecule has 6 nitrogen and oxygen atoms in total. The van der Waals surface area contributed by atoms with Gasteiger partial charge in [-0.1, -0.05) is 68.4 Å². The average molecular weight is 419 g/mol. The van der Waals surface area contributed by atoms with Gasteiger partial charge in [-0.2, -0.15) is 4.68 Å². The molecule has 2 aromatic carbocycles. The second-order valence-electron chi connectivity index (χ2n) is 7.43. The van der Waals surface area contributed by atoms with Crippen molar-refractivity contribution in [3.63, 3.8) is 0 Å². The first-order chi connectivity index (χ1) is 14.4. The molecule has 0 saturated heterocycles. The number of allylic oxidation sites excluding steroid dienone is 1. The Kier molecular flexibility index (Phi) is 5.30. The lowest BCUT2D eigenvalue weighted by atomic mass is 10.0. The molecule has 4 rings (SSSR count). The van der Waals surface area contributed by atoms with Gasteiger partial charge in [0.05, 0.1) is 10.6 Å². The van der Waals surface area contributed by atoms with E-state index in [2.05, 4.69) is 24.0 Å². The Labute approximate surface area is 179 Å². The minimum atomic E-state index is -0.227. The molecule has 152 valence electrons. The highest BCUT2D eigenvalue weighted by molar-refractivity contribution is 8.04. The van der Waals surface area contributed by atoms with E-state index in [-0.39, 0.29) is 11.7 Å². The monoisotopic (exact) mass is 418 g/mol. The van der Waals surface area contributed by atoms with Crippen LogP contribution >= 0.6 is 11.8 Å². The van der Waals surface area contributed by atoms with E-state index >= 15 is 0 Å². The molecule has 2 heterocycles. The van der Waals surface area contributed by atoms with Crippen LogP contribution in [0.1, 0.15) is 44.7 Å². The Balaban J connectivity index is 1.93. The predicted octanol–water partition coefficient (Wildman–Crippen LogP) is 4.62. The van der Waals surface area contributed by atoms with Gasteiger partial charge in [0.25, 0.3) is 0 Å². The number of nitrogens with zero attached hydrogens (tertiary/aromatic N) is 4. The van der Waals surface area contributed by atoms with E-state index in [1.807, 2.05) is 54.6 Å². The van der Waals surface area contributed by atoms with Gasteiger partial charge in [-0.05, 0) is 30.2 Å². The average Bonchev–Trinajstić information content (AvgIpc) is 3.16. The molecule has 0 unspecified atom stereocenters. The van der Waals surface area contributed by atoms with Crippen LogP contribution in [0.25, 0.3) is 17.1 Å². The van der Waals surface area contributed by atoms with Crippen LogP contribution in [0, 0.1) is 0 Å². The Morgan fingerprint density at radius 1 is 0.900 bits per heavy atom. The lowest BCUT2D eigenvalue weighted by Gasteiger charge is -2.32. The number of rotatable bonds is 4. The molecule has 0 atom stereocenters. The maximum absolute atomic E-state index is 12.9. The fourth-order valence-corrected chi connectivity index (χ4v) is 4.39. The zero-order valence-electron chi connectivity index (χ0n) is 17.3. The van der Waals surface area contributed by atoms with Gasteiger partial charge in [-0.25, -0.2) is 5.01 Å². The minimum Gasteiger partial charge on any atom is -0.294 e. The normalized spacial score (nSPS) is 13.6. The molecule has 0 spiro atoms. The highest BCUT2D eigenvalue weighted by atomic mass is 32.2. The smallest absolute Gasteiger partial charge is 0.243 e. The van der Waals surface area contributed by atoms with E-state index in [0.29, 0.717) is 27.5 Å². The third-order valence-electron chi connectivity index (χ3n) is 4.93. The highest BCUT2D eigenvalue weighted by Crippen LogP contribution is 2.41. The highest BCUT2D eigenvalue weighted by Gasteiger charge is 2.35. The summed E-state index contributed by atoms with van der Waals surface area (Å²) in [7, 11) is 0. The third kappa shape index (κ3) is 3.45. The summed E-state index contributed by atoms with van der Waals surface area (Å²) in [6, 6.07) is 17.6. The molecule has 1 aromatic heterocycles. The Morgan fingerprint density at radius 3 is 2.13 bits per heavy atom. The summed E-state index contributed by atoms with van der Waals surface area (Å²) in [5.41, 5.74) is 3.38. The number of ketones is 1. The number of fused-ring (bicyclic) bond motifs is 1. The van der Waals surface area contributed by atoms with Gasteiger partial charge in [0, 0.05) is 18.1 Å². The fraction of sp³-hybridized carbons (Fsp3) is 0.217. The summed E-state index contributed by atoms with van der Waals surface area (Å²) in [6.07, 6.45) is 0. The van der Waals surface area contributed by atoms with Gasteiger partial charge in [-0.15, -0.1) is 10.2 Å². The number of amides is 1. The number of aromatic nitrogens is 3. The molecule has 0 N–H and O–H groups in total. The summed E-state index contributed by atoms with van der Waals surface area (Å²) < 4.78 is 1.69. The second kappa shape index (κ2) is 7.91. The maximum atomic E-state index is 12.9. The van der Waals surface area contributed by atoms with E-state index in [1.54, 1.807) is 4.68 Å². The number of benzene rings is 2. The number of thioether (sulfide) groups is 1. The molecule has 1 amide bonds. The Bertz CT molecular complexity index is 1150. The van der Waals surface area contributed by atoms with Crippen molar-refractivity contribution in [1.29, 1.82) is 0 Å². The van der Waals surface area contributed by atoms with Gasteiger partial charge in [0.2, 0.25) is 11.1 Å². The van der Waals surface area contributed by atoms with Gasteiger partial charge >= 0.3 is 0 Å². The third-order valence-corrected chi connectivity index (χ3v) is 6.06. The SMILES string of the molecule is CC(=O)C1=C(c2ccc(C(C)C)cc2)N(C(C)=O)n2c(nnc2-c2ccccc2)S1. The van der Waals surface area contributed by atoms with E-state index in [4.69, 9.17) is 0 Å². The number of carbonyl (C=O) groups is 2. The molecule has 0 radical (unpaired) electrons. The largest absolute Gasteiger partial charge is 0.294 e. The van der Waals surface area contributed by atoms with Crippen LogP contribution in [0.5, 0.6) is 0 Å². The summed E-state index contributed by atoms with van der Waals surface area (Å²) in [5.74, 6) is 0.589. The van der Waals surface area contributed by atoms with Crippen LogP contribution in [0.2, 0.25) is 0 Å². The van der Waals surface area contributed by atoms with Crippen molar-refractivity contribution >= 4 is 29.1 Å². The van der Waals surface area contributed by atoms with Gasteiger partial charge in [-0.3, -0.25) is 9.59 Å². The maximum Gasteiger partial charge on any atom is 0.243 e. The quantitative estimate of drug-likeness (QED) is 0.619.